The summed E-state index contributed by atoms with van der Waals surface area (Å²) in [6.07, 6.45) is 0.0960. The number of nitrogens with one attached hydrogen (secondary N) is 1. The molecule has 0 aliphatic rings. The Morgan fingerprint density at radius 3 is 2.32 bits per heavy atom. The van der Waals surface area contributed by atoms with Crippen molar-refractivity contribution in [3.05, 3.63) is 60.2 Å². The predicted octanol–water partition coefficient (Wildman–Crippen LogP) is 2.02. The zero-order chi connectivity index (χ0) is 18.3. The van der Waals surface area contributed by atoms with Gasteiger partial charge in [0.2, 0.25) is 15.9 Å². The van der Waals surface area contributed by atoms with Crippen molar-refractivity contribution in [1.82, 2.24) is 9.62 Å². The maximum absolute atomic E-state index is 12.2. The number of nitrogens with zero attached hydrogens (tertiary/aromatic N) is 1. The predicted molar refractivity (Wildman–Crippen MR) is 95.7 cm³/mol. The first kappa shape index (κ1) is 19.0. The first-order valence-corrected chi connectivity index (χ1v) is 9.32. The van der Waals surface area contributed by atoms with E-state index in [2.05, 4.69) is 4.72 Å². The second-order valence-corrected chi connectivity index (χ2v) is 7.33. The molecule has 1 N–H and O–H groups in total. The molecule has 2 aromatic carbocycles. The molecule has 0 heterocycles. The summed E-state index contributed by atoms with van der Waals surface area (Å²) in [5.74, 6) is 0.456. The molecule has 0 saturated carbocycles. The van der Waals surface area contributed by atoms with Crippen LogP contribution in [-0.4, -0.2) is 39.9 Å². The van der Waals surface area contributed by atoms with E-state index in [0.29, 0.717) is 12.3 Å². The fourth-order valence-corrected chi connectivity index (χ4v) is 3.30. The largest absolute Gasteiger partial charge is 0.497 e. The van der Waals surface area contributed by atoms with E-state index in [0.717, 1.165) is 5.56 Å². The van der Waals surface area contributed by atoms with E-state index in [1.54, 1.807) is 24.1 Å². The summed E-state index contributed by atoms with van der Waals surface area (Å²) in [7, 11) is -0.427. The van der Waals surface area contributed by atoms with Gasteiger partial charge in [-0.05, 0) is 29.8 Å². The van der Waals surface area contributed by atoms with E-state index in [9.17, 15) is 13.2 Å². The molecule has 25 heavy (non-hydrogen) atoms. The number of benzene rings is 2. The summed E-state index contributed by atoms with van der Waals surface area (Å²) in [6, 6.07) is 15.7. The van der Waals surface area contributed by atoms with Crippen LogP contribution in [0, 0.1) is 0 Å². The highest BCUT2D eigenvalue weighted by molar-refractivity contribution is 7.89. The first-order valence-electron chi connectivity index (χ1n) is 7.84. The van der Waals surface area contributed by atoms with Gasteiger partial charge in [-0.1, -0.05) is 30.3 Å². The molecule has 0 radical (unpaired) electrons. The number of amides is 1. The van der Waals surface area contributed by atoms with Gasteiger partial charge in [-0.25, -0.2) is 13.1 Å². The molecule has 0 bridgehead atoms. The van der Waals surface area contributed by atoms with Crippen LogP contribution in [0.25, 0.3) is 0 Å². The van der Waals surface area contributed by atoms with Gasteiger partial charge in [-0.2, -0.15) is 0 Å². The number of carbonyl (C=O) groups is 1. The van der Waals surface area contributed by atoms with Crippen molar-refractivity contribution in [2.45, 2.75) is 17.9 Å². The molecule has 0 atom stereocenters. The molecule has 0 aliphatic heterocycles. The van der Waals surface area contributed by atoms with Crippen molar-refractivity contribution < 1.29 is 17.9 Å². The number of hydrogen-bond acceptors (Lipinski definition) is 4. The number of rotatable bonds is 8. The minimum atomic E-state index is -3.64. The van der Waals surface area contributed by atoms with Crippen molar-refractivity contribution in [2.24, 2.45) is 0 Å². The Kier molecular flexibility index (Phi) is 6.55. The Balaban J connectivity index is 1.84. The zero-order valence-electron chi connectivity index (χ0n) is 14.3. The topological polar surface area (TPSA) is 75.7 Å². The van der Waals surface area contributed by atoms with E-state index in [-0.39, 0.29) is 23.8 Å². The molecule has 0 fully saturated rings. The minimum absolute atomic E-state index is 0.0479. The van der Waals surface area contributed by atoms with Crippen molar-refractivity contribution in [3.63, 3.8) is 0 Å². The van der Waals surface area contributed by atoms with Gasteiger partial charge in [-0.15, -0.1) is 0 Å². The maximum atomic E-state index is 12.2. The Morgan fingerprint density at radius 2 is 1.72 bits per heavy atom. The van der Waals surface area contributed by atoms with Gasteiger partial charge >= 0.3 is 0 Å². The second-order valence-electron chi connectivity index (χ2n) is 5.56. The van der Waals surface area contributed by atoms with Crippen molar-refractivity contribution in [3.8, 4) is 5.75 Å². The number of sulfonamides is 1. The molecule has 2 aromatic rings. The summed E-state index contributed by atoms with van der Waals surface area (Å²) >= 11 is 0. The van der Waals surface area contributed by atoms with Crippen LogP contribution in [0.5, 0.6) is 5.75 Å². The lowest BCUT2D eigenvalue weighted by Gasteiger charge is -2.17. The molecule has 1 amide bonds. The third-order valence-electron chi connectivity index (χ3n) is 3.69. The summed E-state index contributed by atoms with van der Waals surface area (Å²) in [6.45, 7) is 0.539. The Hall–Kier alpha value is -2.38. The standard InChI is InChI=1S/C18H22N2O4S/c1-20(14-15-6-4-3-5-7-15)18(21)12-13-19-25(22,23)17-10-8-16(24-2)9-11-17/h3-11,19H,12-14H2,1-2H3. The normalized spacial score (nSPS) is 11.1. The first-order chi connectivity index (χ1) is 11.9. The quantitative estimate of drug-likeness (QED) is 0.780. The van der Waals surface area contributed by atoms with Crippen LogP contribution in [0.2, 0.25) is 0 Å². The molecule has 0 saturated heterocycles. The molecule has 6 nitrogen and oxygen atoms in total. The lowest BCUT2D eigenvalue weighted by atomic mass is 10.2. The highest BCUT2D eigenvalue weighted by Gasteiger charge is 2.15. The third kappa shape index (κ3) is 5.58. The van der Waals surface area contributed by atoms with Crippen LogP contribution in [0.4, 0.5) is 0 Å². The summed E-state index contributed by atoms with van der Waals surface area (Å²) < 4.78 is 31.8. The van der Waals surface area contributed by atoms with E-state index < -0.39 is 10.0 Å². The van der Waals surface area contributed by atoms with Gasteiger partial charge in [0.25, 0.3) is 0 Å². The molecule has 0 unspecified atom stereocenters. The van der Waals surface area contributed by atoms with Crippen molar-refractivity contribution >= 4 is 15.9 Å². The summed E-state index contributed by atoms with van der Waals surface area (Å²) in [5.41, 5.74) is 1.03. The molecule has 2 rings (SSSR count). The zero-order valence-corrected chi connectivity index (χ0v) is 15.1. The summed E-state index contributed by atoms with van der Waals surface area (Å²) in [5, 5.41) is 0. The number of hydrogen-bond donors (Lipinski definition) is 1. The van der Waals surface area contributed by atoms with Crippen LogP contribution < -0.4 is 9.46 Å². The van der Waals surface area contributed by atoms with Gasteiger partial charge in [-0.3, -0.25) is 4.79 Å². The third-order valence-corrected chi connectivity index (χ3v) is 5.17. The highest BCUT2D eigenvalue weighted by atomic mass is 32.2. The summed E-state index contributed by atoms with van der Waals surface area (Å²) in [4.78, 5) is 13.8. The van der Waals surface area contributed by atoms with Crippen LogP contribution in [0.3, 0.4) is 0 Å². The van der Waals surface area contributed by atoms with Gasteiger partial charge in [0.15, 0.2) is 0 Å². The van der Waals surface area contributed by atoms with Gasteiger partial charge in [0.1, 0.15) is 5.75 Å². The second kappa shape index (κ2) is 8.64. The lowest BCUT2D eigenvalue weighted by Crippen LogP contribution is -2.31. The SMILES string of the molecule is COc1ccc(S(=O)(=O)NCCC(=O)N(C)Cc2ccccc2)cc1. The monoisotopic (exact) mass is 362 g/mol. The van der Waals surface area contributed by atoms with Crippen molar-refractivity contribution in [1.29, 1.82) is 0 Å². The maximum Gasteiger partial charge on any atom is 0.240 e. The van der Waals surface area contributed by atoms with E-state index in [4.69, 9.17) is 4.74 Å². The van der Waals surface area contributed by atoms with Gasteiger partial charge < -0.3 is 9.64 Å². The molecule has 7 heteroatoms. The number of carbonyl (C=O) groups excluding carboxylic acids is 1. The average Bonchev–Trinajstić information content (AvgIpc) is 2.62. The lowest BCUT2D eigenvalue weighted by molar-refractivity contribution is -0.130. The molecule has 0 aliphatic carbocycles. The Morgan fingerprint density at radius 1 is 1.08 bits per heavy atom. The highest BCUT2D eigenvalue weighted by Crippen LogP contribution is 2.15. The van der Waals surface area contributed by atoms with Crippen LogP contribution in [0.15, 0.2) is 59.5 Å². The Labute approximate surface area is 148 Å². The minimum Gasteiger partial charge on any atom is -0.497 e. The van der Waals surface area contributed by atoms with E-state index in [1.165, 1.54) is 19.2 Å². The number of ether oxygens (including phenoxy) is 1. The average molecular weight is 362 g/mol. The van der Waals surface area contributed by atoms with Crippen LogP contribution in [0.1, 0.15) is 12.0 Å². The van der Waals surface area contributed by atoms with Crippen LogP contribution in [-0.2, 0) is 21.4 Å². The molecular formula is C18H22N2O4S. The van der Waals surface area contributed by atoms with Crippen molar-refractivity contribution in [2.75, 3.05) is 20.7 Å². The fraction of sp³-hybridized carbons (Fsp3) is 0.278. The molecule has 134 valence electrons. The Bertz CT molecular complexity index is 790. The molecule has 0 spiro atoms. The van der Waals surface area contributed by atoms with Gasteiger partial charge in [0, 0.05) is 26.6 Å². The van der Waals surface area contributed by atoms with E-state index in [1.807, 2.05) is 30.3 Å². The molecular weight excluding hydrogens is 340 g/mol. The number of methoxy groups -OCH3 is 1. The fourth-order valence-electron chi connectivity index (χ4n) is 2.27. The molecule has 0 aromatic heterocycles. The van der Waals surface area contributed by atoms with E-state index >= 15 is 0 Å². The van der Waals surface area contributed by atoms with Gasteiger partial charge in [0.05, 0.1) is 12.0 Å². The van der Waals surface area contributed by atoms with Crippen LogP contribution >= 0.6 is 0 Å². The smallest absolute Gasteiger partial charge is 0.240 e.